The normalized spacial score (nSPS) is 39.8. The van der Waals surface area contributed by atoms with Crippen molar-refractivity contribution in [3.63, 3.8) is 0 Å². The summed E-state index contributed by atoms with van der Waals surface area (Å²) in [6.07, 6.45) is 5.59. The largest absolute Gasteiger partial charge is 0.633 e. The van der Waals surface area contributed by atoms with Gasteiger partial charge in [0.15, 0.2) is 5.60 Å². The standard InChI is InChI=1S/C52H62N4O10/c1-7-48-20-14-22-55-23-21-50(44(48)55)36-25-37(40(62-5)26-39(36)54(4)45(50)52(60,46(48)65-31(3)57)30-64-43(58)32-15-10-9-11-16-32)51(47(59)63-6)27-33-28-56(61,29-49(8-2)42(33)66-49)24-19-35-34-17-12-13-18-38(34)53-41(35)51/h9-18,20,25-26,33,35,41-42,44-46,53,60H,7-8,19,21-24,27-30H2,1-6H3/t33?,35?,41?,42?,44-,45+,46+,48+,49?,50+,51+,52-,56?/m1/s1. The summed E-state index contributed by atoms with van der Waals surface area (Å²) in [5, 5.41) is 32.8. The number of carbonyl (C=O) groups excluding carboxylic acids is 3. The smallest absolute Gasteiger partial charge is 0.338 e. The molecule has 3 aromatic rings. The molecular weight excluding hydrogens is 841 g/mol. The molecule has 4 saturated heterocycles. The Morgan fingerprint density at radius 2 is 1.79 bits per heavy atom. The molecule has 5 fully saturated rings. The fourth-order valence-electron chi connectivity index (χ4n) is 15.4. The molecule has 7 aliphatic heterocycles. The van der Waals surface area contributed by atoms with Gasteiger partial charge in [0.25, 0.3) is 0 Å². The van der Waals surface area contributed by atoms with Crippen molar-refractivity contribution in [1.82, 2.24) is 4.90 Å². The lowest BCUT2D eigenvalue weighted by atomic mass is 9.47. The maximum absolute atomic E-state index is 15.6. The number of fused-ring (bicyclic) bond motifs is 8. The molecule has 6 unspecified atom stereocenters. The molecule has 0 amide bonds. The van der Waals surface area contributed by atoms with E-state index in [1.807, 2.05) is 37.4 Å². The van der Waals surface area contributed by atoms with Gasteiger partial charge < -0.3 is 48.9 Å². The number of hydrogen-bond donors (Lipinski definition) is 2. The van der Waals surface area contributed by atoms with Gasteiger partial charge in [0.1, 0.15) is 42.1 Å². The monoisotopic (exact) mass is 902 g/mol. The molecule has 66 heavy (non-hydrogen) atoms. The molecule has 11 rings (SSSR count). The van der Waals surface area contributed by atoms with E-state index in [9.17, 15) is 14.7 Å². The van der Waals surface area contributed by atoms with E-state index in [1.54, 1.807) is 31.4 Å². The number of anilines is 2. The molecule has 0 radical (unpaired) electrons. The molecule has 8 aliphatic rings. The average molecular weight is 903 g/mol. The fraction of sp³-hybridized carbons (Fsp3) is 0.558. The molecule has 2 N–H and O–H groups in total. The van der Waals surface area contributed by atoms with E-state index >= 15 is 10.0 Å². The van der Waals surface area contributed by atoms with Gasteiger partial charge in [0, 0.05) is 78.6 Å². The molecular formula is C52H62N4O10. The van der Waals surface area contributed by atoms with Gasteiger partial charge in [-0.15, -0.1) is 0 Å². The number of hydrogen-bond acceptors (Lipinski definition) is 13. The van der Waals surface area contributed by atoms with Gasteiger partial charge in [0.2, 0.25) is 0 Å². The van der Waals surface area contributed by atoms with Crippen LogP contribution in [-0.4, -0.2) is 135 Å². The van der Waals surface area contributed by atoms with Crippen LogP contribution in [0.2, 0.25) is 0 Å². The average Bonchev–Trinajstić information content (AvgIpc) is 3.59. The number of nitrogens with one attached hydrogen (secondary N) is 1. The molecule has 13 atom stereocenters. The van der Waals surface area contributed by atoms with Crippen molar-refractivity contribution < 1.29 is 47.8 Å². The van der Waals surface area contributed by atoms with Gasteiger partial charge in [-0.2, -0.15) is 0 Å². The first kappa shape index (κ1) is 43.6. The maximum Gasteiger partial charge on any atom is 0.338 e. The molecule has 350 valence electrons. The number of para-hydroxylation sites is 1. The number of epoxide rings is 1. The molecule has 0 aromatic heterocycles. The topological polar surface area (TPSA) is 162 Å². The van der Waals surface area contributed by atoms with E-state index < -0.39 is 70.1 Å². The van der Waals surface area contributed by atoms with Crippen LogP contribution in [0.25, 0.3) is 0 Å². The Kier molecular flexibility index (Phi) is 9.91. The van der Waals surface area contributed by atoms with Crippen molar-refractivity contribution in [3.8, 4) is 5.75 Å². The van der Waals surface area contributed by atoms with Crippen molar-refractivity contribution in [1.29, 1.82) is 0 Å². The predicted molar refractivity (Wildman–Crippen MR) is 245 cm³/mol. The van der Waals surface area contributed by atoms with Gasteiger partial charge in [-0.1, -0.05) is 62.4 Å². The van der Waals surface area contributed by atoms with Crippen LogP contribution < -0.4 is 15.0 Å². The summed E-state index contributed by atoms with van der Waals surface area (Å²) >= 11 is 0. The summed E-state index contributed by atoms with van der Waals surface area (Å²) in [4.78, 5) is 47.2. The SMILES string of the molecule is CCC12C[N+]3([O-])CCC4c5ccccc5NC4[C@@](C(=O)OC)(c4cc5c(cc4OC)N(C)[C@@H]4[C@](O)(COC(=O)c6ccccc6)[C@@H](OC(C)=O)[C@@]6(CC)C=CCN7CC[C@@]54[C@H]76)CC(C3)C1O2. The summed E-state index contributed by atoms with van der Waals surface area (Å²) < 4.78 is 31.3. The van der Waals surface area contributed by atoms with Crippen LogP contribution in [0, 0.1) is 16.5 Å². The third-order valence-electron chi connectivity index (χ3n) is 17.8. The number of nitrogens with zero attached hydrogens (tertiary/aromatic N) is 3. The third-order valence-corrected chi connectivity index (χ3v) is 17.8. The van der Waals surface area contributed by atoms with Crippen LogP contribution in [0.5, 0.6) is 5.75 Å². The molecule has 1 spiro atoms. The van der Waals surface area contributed by atoms with E-state index in [0.717, 1.165) is 22.5 Å². The van der Waals surface area contributed by atoms with Crippen LogP contribution in [-0.2, 0) is 39.4 Å². The second-order valence-electron chi connectivity index (χ2n) is 20.7. The van der Waals surface area contributed by atoms with Gasteiger partial charge in [-0.3, -0.25) is 14.5 Å². The van der Waals surface area contributed by atoms with Crippen LogP contribution in [0.15, 0.2) is 78.9 Å². The molecule has 2 bridgehead atoms. The zero-order valence-corrected chi connectivity index (χ0v) is 38.8. The Labute approximate surface area is 386 Å². The van der Waals surface area contributed by atoms with Crippen LogP contribution in [0.1, 0.15) is 85.8 Å². The van der Waals surface area contributed by atoms with E-state index in [0.29, 0.717) is 75.3 Å². The predicted octanol–water partition coefficient (Wildman–Crippen LogP) is 5.60. The lowest BCUT2D eigenvalue weighted by molar-refractivity contribution is -0.890. The number of likely N-dealkylation sites (N-methyl/N-ethyl adjacent to an activating group) is 1. The first-order valence-electron chi connectivity index (χ1n) is 23.9. The highest BCUT2D eigenvalue weighted by Gasteiger charge is 2.79. The molecule has 14 nitrogen and oxygen atoms in total. The highest BCUT2D eigenvalue weighted by atomic mass is 16.6. The van der Waals surface area contributed by atoms with Gasteiger partial charge >= 0.3 is 17.9 Å². The minimum atomic E-state index is -1.94. The summed E-state index contributed by atoms with van der Waals surface area (Å²) in [6, 6.07) is 19.4. The van der Waals surface area contributed by atoms with Gasteiger partial charge in [-0.25, -0.2) is 4.79 Å². The van der Waals surface area contributed by atoms with E-state index in [1.165, 1.54) is 14.0 Å². The Bertz CT molecular complexity index is 2520. The number of aliphatic hydroxyl groups is 1. The number of carbonyl (C=O) groups is 3. The van der Waals surface area contributed by atoms with E-state index in [2.05, 4.69) is 53.2 Å². The molecule has 14 heteroatoms. The lowest BCUT2D eigenvalue weighted by Gasteiger charge is -2.64. The zero-order chi connectivity index (χ0) is 46.2. The summed E-state index contributed by atoms with van der Waals surface area (Å²) in [6.45, 7) is 7.50. The number of benzene rings is 3. The van der Waals surface area contributed by atoms with Crippen LogP contribution in [0.4, 0.5) is 11.4 Å². The number of piperidine rings is 1. The molecule has 1 aliphatic carbocycles. The number of ether oxygens (including phenoxy) is 5. The van der Waals surface area contributed by atoms with Crippen molar-refractivity contribution in [2.24, 2.45) is 11.3 Å². The summed E-state index contributed by atoms with van der Waals surface area (Å²) in [5.41, 5.74) is -0.938. The van der Waals surface area contributed by atoms with Crippen LogP contribution in [0.3, 0.4) is 0 Å². The molecule has 3 aromatic carbocycles. The number of rotatable bonds is 9. The van der Waals surface area contributed by atoms with E-state index in [-0.39, 0.29) is 35.0 Å². The zero-order valence-electron chi connectivity index (χ0n) is 38.8. The highest BCUT2D eigenvalue weighted by molar-refractivity contribution is 5.90. The highest BCUT2D eigenvalue weighted by Crippen LogP contribution is 2.69. The molecule has 7 heterocycles. The number of quaternary nitrogens is 1. The lowest BCUT2D eigenvalue weighted by Crippen LogP contribution is -2.80. The number of methoxy groups -OCH3 is 2. The van der Waals surface area contributed by atoms with Gasteiger partial charge in [-0.05, 0) is 67.6 Å². The first-order chi connectivity index (χ1) is 31.7. The van der Waals surface area contributed by atoms with Crippen molar-refractivity contribution in [2.45, 2.75) is 111 Å². The number of esters is 3. The molecule has 1 saturated carbocycles. The first-order valence-corrected chi connectivity index (χ1v) is 23.9. The third kappa shape index (κ3) is 5.74. The van der Waals surface area contributed by atoms with E-state index in [4.69, 9.17) is 23.7 Å². The van der Waals surface area contributed by atoms with Crippen molar-refractivity contribution >= 4 is 29.3 Å². The minimum absolute atomic E-state index is 0.186. The Hall–Kier alpha value is -4.99. The Balaban J connectivity index is 1.14. The second-order valence-corrected chi connectivity index (χ2v) is 20.7. The fourth-order valence-corrected chi connectivity index (χ4v) is 15.4. The van der Waals surface area contributed by atoms with Crippen molar-refractivity contribution in [3.05, 3.63) is 106 Å². The summed E-state index contributed by atoms with van der Waals surface area (Å²) in [5.74, 6) is -1.58. The number of hydroxylamine groups is 3. The van der Waals surface area contributed by atoms with Crippen LogP contribution >= 0.6 is 0 Å². The summed E-state index contributed by atoms with van der Waals surface area (Å²) in [7, 11) is 5.00. The van der Waals surface area contributed by atoms with Crippen molar-refractivity contribution in [2.75, 3.05) is 70.8 Å². The van der Waals surface area contributed by atoms with Gasteiger partial charge in [0.05, 0.1) is 45.0 Å². The second kappa shape index (κ2) is 15.0. The quantitative estimate of drug-likeness (QED) is 0.0683. The minimum Gasteiger partial charge on any atom is -0.633 e. The Morgan fingerprint density at radius 3 is 2.52 bits per heavy atom. The Morgan fingerprint density at radius 1 is 1.02 bits per heavy atom. The maximum atomic E-state index is 15.6.